The molecule has 2 heterocycles. The van der Waals surface area contributed by atoms with Gasteiger partial charge in [-0.25, -0.2) is 4.39 Å². The minimum absolute atomic E-state index is 0.0752. The number of anilines is 1. The van der Waals surface area contributed by atoms with E-state index in [1.807, 2.05) is 13.0 Å². The van der Waals surface area contributed by atoms with Crippen molar-refractivity contribution in [3.8, 4) is 0 Å². The first-order chi connectivity index (χ1) is 11.1. The van der Waals surface area contributed by atoms with Crippen molar-refractivity contribution in [3.05, 3.63) is 29.6 Å². The van der Waals surface area contributed by atoms with Gasteiger partial charge in [-0.15, -0.1) is 0 Å². The number of benzene rings is 1. The SMILES string of the molecule is Cc1cc(F)ccc1N1CCC[C@@H](NC(=O)[C@@H]2COCCO2)C1. The van der Waals surface area contributed by atoms with Crippen LogP contribution in [0.4, 0.5) is 10.1 Å². The van der Waals surface area contributed by atoms with E-state index in [1.54, 1.807) is 6.07 Å². The molecule has 2 fully saturated rings. The Balaban J connectivity index is 1.60. The monoisotopic (exact) mass is 322 g/mol. The van der Waals surface area contributed by atoms with Gasteiger partial charge in [-0.05, 0) is 43.5 Å². The fourth-order valence-electron chi connectivity index (χ4n) is 3.22. The van der Waals surface area contributed by atoms with Gasteiger partial charge in [0.05, 0.1) is 19.8 Å². The third kappa shape index (κ3) is 4.00. The molecule has 0 saturated carbocycles. The second kappa shape index (κ2) is 7.27. The maximum absolute atomic E-state index is 13.3. The van der Waals surface area contributed by atoms with Gasteiger partial charge in [0.15, 0.2) is 6.10 Å². The van der Waals surface area contributed by atoms with Crippen LogP contribution in [0.1, 0.15) is 18.4 Å². The van der Waals surface area contributed by atoms with Crippen molar-refractivity contribution in [1.29, 1.82) is 0 Å². The number of amides is 1. The average Bonchev–Trinajstić information content (AvgIpc) is 2.56. The lowest BCUT2D eigenvalue weighted by Crippen LogP contribution is -2.52. The zero-order chi connectivity index (χ0) is 16.2. The zero-order valence-corrected chi connectivity index (χ0v) is 13.4. The van der Waals surface area contributed by atoms with Crippen LogP contribution in [0.2, 0.25) is 0 Å². The lowest BCUT2D eigenvalue weighted by Gasteiger charge is -2.36. The second-order valence-electron chi connectivity index (χ2n) is 6.16. The first-order valence-corrected chi connectivity index (χ1v) is 8.14. The van der Waals surface area contributed by atoms with E-state index >= 15 is 0 Å². The highest BCUT2D eigenvalue weighted by atomic mass is 19.1. The molecule has 2 aliphatic heterocycles. The van der Waals surface area contributed by atoms with Crippen LogP contribution in [0.3, 0.4) is 0 Å². The summed E-state index contributed by atoms with van der Waals surface area (Å²) in [6.45, 7) is 4.88. The van der Waals surface area contributed by atoms with Crippen molar-refractivity contribution < 1.29 is 18.7 Å². The number of halogens is 1. The average molecular weight is 322 g/mol. The third-order valence-corrected chi connectivity index (χ3v) is 4.38. The third-order valence-electron chi connectivity index (χ3n) is 4.38. The molecule has 0 radical (unpaired) electrons. The molecule has 0 aliphatic carbocycles. The summed E-state index contributed by atoms with van der Waals surface area (Å²) in [6.07, 6.45) is 1.42. The Morgan fingerprint density at radius 1 is 1.39 bits per heavy atom. The van der Waals surface area contributed by atoms with E-state index in [0.717, 1.165) is 37.2 Å². The van der Waals surface area contributed by atoms with Crippen LogP contribution in [-0.4, -0.2) is 51.0 Å². The Morgan fingerprint density at radius 3 is 3.00 bits per heavy atom. The molecule has 126 valence electrons. The van der Waals surface area contributed by atoms with E-state index in [9.17, 15) is 9.18 Å². The standard InChI is InChI=1S/C17H23FN2O3/c1-12-9-13(18)4-5-15(12)20-6-2-3-14(10-20)19-17(21)16-11-22-7-8-23-16/h4-5,9,14,16H,2-3,6-8,10-11H2,1H3,(H,19,21)/t14-,16+/m1/s1. The van der Waals surface area contributed by atoms with Crippen LogP contribution in [-0.2, 0) is 14.3 Å². The van der Waals surface area contributed by atoms with Crippen LogP contribution in [0.15, 0.2) is 18.2 Å². The maximum atomic E-state index is 13.3. The van der Waals surface area contributed by atoms with E-state index in [0.29, 0.717) is 19.8 Å². The summed E-state index contributed by atoms with van der Waals surface area (Å²) in [5.74, 6) is -0.324. The number of piperidine rings is 1. The van der Waals surface area contributed by atoms with Crippen molar-refractivity contribution in [2.45, 2.75) is 31.9 Å². The summed E-state index contributed by atoms with van der Waals surface area (Å²) >= 11 is 0. The second-order valence-corrected chi connectivity index (χ2v) is 6.16. The summed E-state index contributed by atoms with van der Waals surface area (Å²) in [6, 6.07) is 4.92. The number of nitrogens with zero attached hydrogens (tertiary/aromatic N) is 1. The molecule has 2 aliphatic rings. The number of aryl methyl sites for hydroxylation is 1. The highest BCUT2D eigenvalue weighted by Gasteiger charge is 2.27. The zero-order valence-electron chi connectivity index (χ0n) is 13.4. The maximum Gasteiger partial charge on any atom is 0.251 e. The fraction of sp³-hybridized carbons (Fsp3) is 0.588. The van der Waals surface area contributed by atoms with Crippen molar-refractivity contribution in [3.63, 3.8) is 0 Å². The quantitative estimate of drug-likeness (QED) is 0.919. The number of hydrogen-bond acceptors (Lipinski definition) is 4. The Morgan fingerprint density at radius 2 is 2.26 bits per heavy atom. The number of carbonyl (C=O) groups excluding carboxylic acids is 1. The van der Waals surface area contributed by atoms with Crippen LogP contribution >= 0.6 is 0 Å². The summed E-state index contributed by atoms with van der Waals surface area (Å²) in [5.41, 5.74) is 1.95. The summed E-state index contributed by atoms with van der Waals surface area (Å²) in [4.78, 5) is 14.4. The molecular formula is C17H23FN2O3. The molecule has 1 N–H and O–H groups in total. The van der Waals surface area contributed by atoms with Gasteiger partial charge in [0.25, 0.3) is 5.91 Å². The van der Waals surface area contributed by atoms with Gasteiger partial charge >= 0.3 is 0 Å². The molecule has 1 amide bonds. The van der Waals surface area contributed by atoms with Crippen molar-refractivity contribution in [2.24, 2.45) is 0 Å². The number of nitrogens with one attached hydrogen (secondary N) is 1. The van der Waals surface area contributed by atoms with Gasteiger partial charge in [0.2, 0.25) is 0 Å². The first-order valence-electron chi connectivity index (χ1n) is 8.14. The number of ether oxygens (including phenoxy) is 2. The predicted octanol–water partition coefficient (Wildman–Crippen LogP) is 1.63. The van der Waals surface area contributed by atoms with Crippen LogP contribution in [0.25, 0.3) is 0 Å². The molecule has 6 heteroatoms. The molecule has 0 bridgehead atoms. The van der Waals surface area contributed by atoms with E-state index in [2.05, 4.69) is 10.2 Å². The smallest absolute Gasteiger partial charge is 0.251 e. The van der Waals surface area contributed by atoms with E-state index in [-0.39, 0.29) is 17.8 Å². The molecule has 0 aromatic heterocycles. The van der Waals surface area contributed by atoms with E-state index < -0.39 is 6.10 Å². The molecule has 2 saturated heterocycles. The summed E-state index contributed by atoms with van der Waals surface area (Å²) in [5, 5.41) is 3.06. The van der Waals surface area contributed by atoms with E-state index in [1.165, 1.54) is 6.07 Å². The Kier molecular flexibility index (Phi) is 5.13. The highest BCUT2D eigenvalue weighted by Crippen LogP contribution is 2.24. The predicted molar refractivity (Wildman–Crippen MR) is 85.1 cm³/mol. The van der Waals surface area contributed by atoms with E-state index in [4.69, 9.17) is 9.47 Å². The lowest BCUT2D eigenvalue weighted by molar-refractivity contribution is -0.148. The number of rotatable bonds is 3. The lowest BCUT2D eigenvalue weighted by atomic mass is 10.0. The van der Waals surface area contributed by atoms with Crippen molar-refractivity contribution in [2.75, 3.05) is 37.8 Å². The van der Waals surface area contributed by atoms with Crippen LogP contribution in [0, 0.1) is 12.7 Å². The minimum atomic E-state index is -0.508. The van der Waals surface area contributed by atoms with Gasteiger partial charge < -0.3 is 19.7 Å². The Bertz CT molecular complexity index is 561. The molecule has 1 aromatic carbocycles. The molecule has 23 heavy (non-hydrogen) atoms. The normalized spacial score (nSPS) is 25.2. The molecule has 2 atom stereocenters. The first kappa shape index (κ1) is 16.2. The molecular weight excluding hydrogens is 299 g/mol. The topological polar surface area (TPSA) is 50.8 Å². The summed E-state index contributed by atoms with van der Waals surface area (Å²) in [7, 11) is 0. The van der Waals surface area contributed by atoms with Gasteiger partial charge in [-0.3, -0.25) is 4.79 Å². The molecule has 0 unspecified atom stereocenters. The van der Waals surface area contributed by atoms with Gasteiger partial charge in [-0.1, -0.05) is 0 Å². The van der Waals surface area contributed by atoms with Gasteiger partial charge in [0, 0.05) is 24.8 Å². The Labute approximate surface area is 135 Å². The van der Waals surface area contributed by atoms with Gasteiger partial charge in [0.1, 0.15) is 5.82 Å². The molecule has 0 spiro atoms. The fourth-order valence-corrected chi connectivity index (χ4v) is 3.22. The molecule has 3 rings (SSSR count). The Hall–Kier alpha value is -1.66. The van der Waals surface area contributed by atoms with Crippen molar-refractivity contribution >= 4 is 11.6 Å². The largest absolute Gasteiger partial charge is 0.376 e. The molecule has 5 nitrogen and oxygen atoms in total. The van der Waals surface area contributed by atoms with Crippen LogP contribution < -0.4 is 10.2 Å². The van der Waals surface area contributed by atoms with Crippen LogP contribution in [0.5, 0.6) is 0 Å². The minimum Gasteiger partial charge on any atom is -0.376 e. The highest BCUT2D eigenvalue weighted by molar-refractivity contribution is 5.81. The molecule has 1 aromatic rings. The van der Waals surface area contributed by atoms with Gasteiger partial charge in [-0.2, -0.15) is 0 Å². The number of carbonyl (C=O) groups is 1. The summed E-state index contributed by atoms with van der Waals surface area (Å²) < 4.78 is 24.0. The van der Waals surface area contributed by atoms with Crippen molar-refractivity contribution in [1.82, 2.24) is 5.32 Å². The number of hydrogen-bond donors (Lipinski definition) is 1.